The Balaban J connectivity index is 2.30. The van der Waals surface area contributed by atoms with Crippen LogP contribution >= 0.6 is 0 Å². The molecule has 3 rings (SSSR count). The largest absolute Gasteiger partial charge is 0.256 e. The van der Waals surface area contributed by atoms with Crippen molar-refractivity contribution in [2.24, 2.45) is 10.8 Å². The number of hydrogen-bond acceptors (Lipinski definition) is 1. The molecule has 0 spiro atoms. The molecule has 2 atom stereocenters. The second-order valence-electron chi connectivity index (χ2n) is 8.37. The van der Waals surface area contributed by atoms with Crippen molar-refractivity contribution >= 4 is 10.9 Å². The summed E-state index contributed by atoms with van der Waals surface area (Å²) in [6.07, 6.45) is 1.92. The molecule has 106 valence electrons. The number of pyridine rings is 1. The van der Waals surface area contributed by atoms with Gasteiger partial charge in [-0.05, 0) is 45.9 Å². The molecule has 2 unspecified atom stereocenters. The molecule has 0 N–H and O–H groups in total. The standard InChI is InChI=1S/C19H25N/c1-18(2,3)15-13-10-12-8-7-9-20-17(12)14(11-13)16(15)19(4,5)6/h7-11,15-16H,1-6H3. The van der Waals surface area contributed by atoms with E-state index in [-0.39, 0.29) is 10.8 Å². The molecule has 2 aromatic rings. The molecule has 1 aliphatic rings. The molecular formula is C19H25N. The van der Waals surface area contributed by atoms with Crippen LogP contribution < -0.4 is 0 Å². The molecule has 0 radical (unpaired) electrons. The van der Waals surface area contributed by atoms with Gasteiger partial charge in [-0.1, -0.05) is 53.7 Å². The van der Waals surface area contributed by atoms with Gasteiger partial charge in [0.25, 0.3) is 0 Å². The summed E-state index contributed by atoms with van der Waals surface area (Å²) in [6.45, 7) is 14.2. The molecule has 0 aliphatic heterocycles. The van der Waals surface area contributed by atoms with Crippen LogP contribution in [0, 0.1) is 10.8 Å². The van der Waals surface area contributed by atoms with Crippen molar-refractivity contribution in [3.63, 3.8) is 0 Å². The maximum atomic E-state index is 4.67. The summed E-state index contributed by atoms with van der Waals surface area (Å²) >= 11 is 0. The average Bonchev–Trinajstić information content (AvgIpc) is 2.63. The van der Waals surface area contributed by atoms with Crippen LogP contribution in [0.15, 0.2) is 30.5 Å². The van der Waals surface area contributed by atoms with Gasteiger partial charge in [0.05, 0.1) is 5.52 Å². The Labute approximate surface area is 122 Å². The third-order valence-corrected chi connectivity index (χ3v) is 4.65. The SMILES string of the molecule is CC(C)(C)C1c2cc(c3ncccc3c2)C1C(C)(C)C. The van der Waals surface area contributed by atoms with Gasteiger partial charge in [-0.3, -0.25) is 4.98 Å². The fourth-order valence-electron chi connectivity index (χ4n) is 4.00. The van der Waals surface area contributed by atoms with Crippen LogP contribution in [0.4, 0.5) is 0 Å². The van der Waals surface area contributed by atoms with E-state index in [0.29, 0.717) is 11.8 Å². The predicted molar refractivity (Wildman–Crippen MR) is 86.1 cm³/mol. The van der Waals surface area contributed by atoms with E-state index < -0.39 is 0 Å². The quantitative estimate of drug-likeness (QED) is 0.613. The zero-order valence-electron chi connectivity index (χ0n) is 13.5. The van der Waals surface area contributed by atoms with Crippen molar-refractivity contribution < 1.29 is 0 Å². The molecule has 1 heterocycles. The van der Waals surface area contributed by atoms with Gasteiger partial charge in [-0.25, -0.2) is 0 Å². The van der Waals surface area contributed by atoms with Crippen LogP contribution in [0.2, 0.25) is 0 Å². The fourth-order valence-corrected chi connectivity index (χ4v) is 4.00. The Morgan fingerprint density at radius 1 is 0.900 bits per heavy atom. The molecule has 1 aliphatic carbocycles. The van der Waals surface area contributed by atoms with E-state index >= 15 is 0 Å². The first-order valence-electron chi connectivity index (χ1n) is 7.58. The highest BCUT2D eigenvalue weighted by atomic mass is 14.7. The smallest absolute Gasteiger partial charge is 0.0737 e. The van der Waals surface area contributed by atoms with Crippen molar-refractivity contribution in [3.8, 4) is 0 Å². The topological polar surface area (TPSA) is 12.9 Å². The van der Waals surface area contributed by atoms with Gasteiger partial charge in [-0.2, -0.15) is 0 Å². The van der Waals surface area contributed by atoms with Crippen molar-refractivity contribution in [3.05, 3.63) is 41.6 Å². The van der Waals surface area contributed by atoms with Crippen LogP contribution in [-0.2, 0) is 0 Å². The van der Waals surface area contributed by atoms with Gasteiger partial charge >= 0.3 is 0 Å². The summed E-state index contributed by atoms with van der Waals surface area (Å²) in [5.74, 6) is 1.12. The first kappa shape index (κ1) is 13.6. The van der Waals surface area contributed by atoms with Gasteiger partial charge in [0.15, 0.2) is 0 Å². The fraction of sp³-hybridized carbons (Fsp3) is 0.526. The Kier molecular flexibility index (Phi) is 2.77. The second-order valence-corrected chi connectivity index (χ2v) is 8.37. The van der Waals surface area contributed by atoms with E-state index in [1.165, 1.54) is 22.0 Å². The highest BCUT2D eigenvalue weighted by Gasteiger charge is 2.45. The maximum absolute atomic E-state index is 4.67. The van der Waals surface area contributed by atoms with Crippen LogP contribution in [-0.4, -0.2) is 4.98 Å². The van der Waals surface area contributed by atoms with Crippen molar-refractivity contribution in [1.29, 1.82) is 0 Å². The minimum atomic E-state index is 0.249. The van der Waals surface area contributed by atoms with E-state index in [2.05, 4.69) is 64.7 Å². The Hall–Kier alpha value is -1.37. The molecule has 0 amide bonds. The molecule has 0 saturated heterocycles. The monoisotopic (exact) mass is 267 g/mol. The van der Waals surface area contributed by atoms with Gasteiger partial charge in [0.1, 0.15) is 0 Å². The van der Waals surface area contributed by atoms with Crippen LogP contribution in [0.1, 0.15) is 64.5 Å². The molecule has 1 aromatic heterocycles. The number of hydrogen-bond donors (Lipinski definition) is 0. The number of nitrogens with zero attached hydrogens (tertiary/aromatic N) is 1. The summed E-state index contributed by atoms with van der Waals surface area (Å²) < 4.78 is 0. The second kappa shape index (κ2) is 4.07. The van der Waals surface area contributed by atoms with E-state index in [9.17, 15) is 0 Å². The molecule has 20 heavy (non-hydrogen) atoms. The van der Waals surface area contributed by atoms with Crippen LogP contribution in [0.5, 0.6) is 0 Å². The van der Waals surface area contributed by atoms with E-state index in [4.69, 9.17) is 0 Å². The van der Waals surface area contributed by atoms with E-state index in [1.807, 2.05) is 12.3 Å². The number of benzene rings is 1. The molecule has 0 saturated carbocycles. The van der Waals surface area contributed by atoms with Gasteiger partial charge in [-0.15, -0.1) is 0 Å². The van der Waals surface area contributed by atoms with E-state index in [1.54, 1.807) is 0 Å². The molecule has 1 aromatic carbocycles. The third kappa shape index (κ3) is 1.95. The third-order valence-electron chi connectivity index (χ3n) is 4.65. The maximum Gasteiger partial charge on any atom is 0.0737 e. The first-order valence-corrected chi connectivity index (χ1v) is 7.58. The summed E-state index contributed by atoms with van der Waals surface area (Å²) in [5, 5.41) is 1.29. The van der Waals surface area contributed by atoms with Gasteiger partial charge in [0, 0.05) is 11.6 Å². The van der Waals surface area contributed by atoms with E-state index in [0.717, 1.165) is 0 Å². The lowest BCUT2D eigenvalue weighted by Crippen LogP contribution is -2.29. The zero-order valence-corrected chi connectivity index (χ0v) is 13.5. The Bertz CT molecular complexity index is 656. The normalized spacial score (nSPS) is 22.5. The number of fused-ring (bicyclic) bond motifs is 4. The Morgan fingerprint density at radius 2 is 1.55 bits per heavy atom. The average molecular weight is 267 g/mol. The predicted octanol–water partition coefficient (Wildman–Crippen LogP) is 5.51. The lowest BCUT2D eigenvalue weighted by Gasteiger charge is -2.40. The summed E-state index contributed by atoms with van der Waals surface area (Å²) in [6, 6.07) is 8.99. The first-order chi connectivity index (χ1) is 9.19. The summed E-state index contributed by atoms with van der Waals surface area (Å²) in [7, 11) is 0. The Morgan fingerprint density at radius 3 is 2.15 bits per heavy atom. The van der Waals surface area contributed by atoms with Gasteiger partial charge in [0.2, 0.25) is 0 Å². The summed E-state index contributed by atoms with van der Waals surface area (Å²) in [5.41, 5.74) is 4.66. The highest BCUT2D eigenvalue weighted by Crippen LogP contribution is 2.58. The van der Waals surface area contributed by atoms with Crippen LogP contribution in [0.3, 0.4) is 0 Å². The minimum absolute atomic E-state index is 0.249. The number of rotatable bonds is 0. The van der Waals surface area contributed by atoms with Gasteiger partial charge < -0.3 is 0 Å². The zero-order chi connectivity index (χ0) is 14.7. The minimum Gasteiger partial charge on any atom is -0.256 e. The van der Waals surface area contributed by atoms with Crippen molar-refractivity contribution in [1.82, 2.24) is 4.98 Å². The number of aromatic nitrogens is 1. The lowest BCUT2D eigenvalue weighted by molar-refractivity contribution is 0.197. The van der Waals surface area contributed by atoms with Crippen LogP contribution in [0.25, 0.3) is 10.9 Å². The molecule has 1 heteroatoms. The van der Waals surface area contributed by atoms with Crippen molar-refractivity contribution in [2.75, 3.05) is 0 Å². The lowest BCUT2D eigenvalue weighted by atomic mass is 9.64. The molecule has 1 nitrogen and oxygen atoms in total. The summed E-state index contributed by atoms with van der Waals surface area (Å²) in [4.78, 5) is 4.67. The molecule has 2 bridgehead atoms. The van der Waals surface area contributed by atoms with Crippen molar-refractivity contribution in [2.45, 2.75) is 53.4 Å². The molecular weight excluding hydrogens is 242 g/mol. The highest BCUT2D eigenvalue weighted by molar-refractivity contribution is 5.85. The molecule has 0 fully saturated rings.